The van der Waals surface area contributed by atoms with Crippen LogP contribution in [0.5, 0.6) is 0 Å². The monoisotopic (exact) mass is 279 g/mol. The predicted molar refractivity (Wildman–Crippen MR) is 54.9 cm³/mol. The van der Waals surface area contributed by atoms with Crippen LogP contribution in [0.15, 0.2) is 6.07 Å². The molecule has 2 aromatic rings. The summed E-state index contributed by atoms with van der Waals surface area (Å²) in [6, 6.07) is 0.350. The van der Waals surface area contributed by atoms with Crippen LogP contribution in [0.4, 0.5) is 17.6 Å². The molecule has 0 aliphatic heterocycles. The Morgan fingerprint density at radius 1 is 1.33 bits per heavy atom. The first-order chi connectivity index (χ1) is 8.38. The van der Waals surface area contributed by atoms with Gasteiger partial charge in [-0.25, -0.2) is 9.37 Å². The molecule has 0 unspecified atom stereocenters. The molecule has 3 nitrogen and oxygen atoms in total. The highest BCUT2D eigenvalue weighted by molar-refractivity contribution is 6.30. The fourth-order valence-corrected chi connectivity index (χ4v) is 1.98. The van der Waals surface area contributed by atoms with Crippen LogP contribution >= 0.6 is 11.6 Å². The molecule has 2 aromatic heterocycles. The number of hydrogen-bond donors (Lipinski definition) is 0. The van der Waals surface area contributed by atoms with Gasteiger partial charge in [-0.05, 0) is 18.9 Å². The van der Waals surface area contributed by atoms with Crippen molar-refractivity contribution < 1.29 is 17.6 Å². The largest absolute Gasteiger partial charge is 0.419 e. The molecule has 1 aliphatic carbocycles. The molecule has 0 aromatic carbocycles. The minimum absolute atomic E-state index is 0.106. The van der Waals surface area contributed by atoms with E-state index >= 15 is 0 Å². The van der Waals surface area contributed by atoms with Crippen molar-refractivity contribution in [1.29, 1.82) is 0 Å². The van der Waals surface area contributed by atoms with Crippen molar-refractivity contribution in [3.8, 4) is 0 Å². The Hall–Kier alpha value is -1.37. The number of fused-ring (bicyclic) bond motifs is 1. The SMILES string of the molecule is Fc1cc(C(F)(F)F)c(Cl)n2nc(C3CC3)nc12. The van der Waals surface area contributed by atoms with Gasteiger partial charge in [0.2, 0.25) is 0 Å². The molecule has 1 saturated carbocycles. The standard InChI is InChI=1S/C10H6ClF4N3/c11-7-5(10(13,14)15)3-6(12)9-16-8(4-1-2-4)17-18(7)9/h3-4H,1-2H2. The summed E-state index contributed by atoms with van der Waals surface area (Å²) in [5.74, 6) is -0.629. The van der Waals surface area contributed by atoms with Gasteiger partial charge in [0.25, 0.3) is 0 Å². The zero-order chi connectivity index (χ0) is 13.1. The molecule has 8 heteroatoms. The molecule has 3 rings (SSSR count). The smallest absolute Gasteiger partial charge is 0.209 e. The second kappa shape index (κ2) is 3.57. The van der Waals surface area contributed by atoms with Gasteiger partial charge in [-0.1, -0.05) is 11.6 Å². The lowest BCUT2D eigenvalue weighted by atomic mass is 10.2. The van der Waals surface area contributed by atoms with E-state index in [-0.39, 0.29) is 11.6 Å². The van der Waals surface area contributed by atoms with Crippen LogP contribution in [-0.2, 0) is 6.18 Å². The van der Waals surface area contributed by atoms with Crippen molar-refractivity contribution in [3.05, 3.63) is 28.4 Å². The van der Waals surface area contributed by atoms with E-state index in [1.807, 2.05) is 0 Å². The highest BCUT2D eigenvalue weighted by atomic mass is 35.5. The van der Waals surface area contributed by atoms with Gasteiger partial charge in [-0.2, -0.15) is 17.7 Å². The summed E-state index contributed by atoms with van der Waals surface area (Å²) < 4.78 is 52.2. The number of alkyl halides is 3. The number of rotatable bonds is 1. The van der Waals surface area contributed by atoms with Crippen molar-refractivity contribution in [2.45, 2.75) is 24.9 Å². The van der Waals surface area contributed by atoms with Gasteiger partial charge >= 0.3 is 6.18 Å². The van der Waals surface area contributed by atoms with E-state index in [9.17, 15) is 17.6 Å². The highest BCUT2D eigenvalue weighted by Gasteiger charge is 2.37. The molecule has 18 heavy (non-hydrogen) atoms. The van der Waals surface area contributed by atoms with Crippen molar-refractivity contribution in [3.63, 3.8) is 0 Å². The van der Waals surface area contributed by atoms with Crippen LogP contribution in [-0.4, -0.2) is 14.6 Å². The van der Waals surface area contributed by atoms with Crippen molar-refractivity contribution in [2.24, 2.45) is 0 Å². The van der Waals surface area contributed by atoms with Gasteiger partial charge in [0.05, 0.1) is 5.56 Å². The van der Waals surface area contributed by atoms with Crippen LogP contribution in [0.25, 0.3) is 5.65 Å². The first-order valence-corrected chi connectivity index (χ1v) is 5.57. The average molecular weight is 280 g/mol. The number of nitrogens with zero attached hydrogens (tertiary/aromatic N) is 3. The van der Waals surface area contributed by atoms with Gasteiger partial charge in [0, 0.05) is 5.92 Å². The lowest BCUT2D eigenvalue weighted by Crippen LogP contribution is -2.10. The minimum atomic E-state index is -4.72. The number of pyridine rings is 1. The molecule has 0 spiro atoms. The first kappa shape index (κ1) is 11.7. The third-order valence-electron chi connectivity index (χ3n) is 2.76. The maximum atomic E-state index is 13.6. The summed E-state index contributed by atoms with van der Waals surface area (Å²) >= 11 is 5.61. The van der Waals surface area contributed by atoms with Crippen LogP contribution in [0, 0.1) is 5.82 Å². The Kier molecular flexibility index (Phi) is 2.32. The molecule has 2 heterocycles. The van der Waals surface area contributed by atoms with Gasteiger partial charge < -0.3 is 0 Å². The Bertz CT molecular complexity index is 630. The quantitative estimate of drug-likeness (QED) is 0.591. The molecule has 1 aliphatic rings. The van der Waals surface area contributed by atoms with Crippen molar-refractivity contribution in [2.75, 3.05) is 0 Å². The second-order valence-corrected chi connectivity index (χ2v) is 4.53. The topological polar surface area (TPSA) is 30.2 Å². The maximum absolute atomic E-state index is 13.6. The molecule has 96 valence electrons. The zero-order valence-electron chi connectivity index (χ0n) is 8.80. The van der Waals surface area contributed by atoms with Crippen molar-refractivity contribution in [1.82, 2.24) is 14.6 Å². The normalized spacial score (nSPS) is 16.5. The zero-order valence-corrected chi connectivity index (χ0v) is 9.56. The van der Waals surface area contributed by atoms with E-state index in [4.69, 9.17) is 11.6 Å². The summed E-state index contributed by atoms with van der Waals surface area (Å²) in [5.41, 5.74) is -1.52. The lowest BCUT2D eigenvalue weighted by molar-refractivity contribution is -0.138. The third kappa shape index (κ3) is 1.73. The van der Waals surface area contributed by atoms with Gasteiger partial charge in [0.15, 0.2) is 17.3 Å². The highest BCUT2D eigenvalue weighted by Crippen LogP contribution is 2.40. The summed E-state index contributed by atoms with van der Waals surface area (Å²) in [4.78, 5) is 3.88. The molecule has 0 atom stereocenters. The van der Waals surface area contributed by atoms with E-state index in [2.05, 4.69) is 10.1 Å². The van der Waals surface area contributed by atoms with Crippen molar-refractivity contribution >= 4 is 17.2 Å². The lowest BCUT2D eigenvalue weighted by Gasteiger charge is -2.09. The molecule has 0 N–H and O–H groups in total. The molecular weight excluding hydrogens is 274 g/mol. The summed E-state index contributed by atoms with van der Waals surface area (Å²) in [5, 5.41) is 3.17. The fourth-order valence-electron chi connectivity index (χ4n) is 1.70. The van der Waals surface area contributed by atoms with Gasteiger partial charge in [0.1, 0.15) is 5.15 Å². The number of hydrogen-bond acceptors (Lipinski definition) is 2. The second-order valence-electron chi connectivity index (χ2n) is 4.17. The minimum Gasteiger partial charge on any atom is -0.209 e. The van der Waals surface area contributed by atoms with Crippen LogP contribution in [0.2, 0.25) is 5.15 Å². The van der Waals surface area contributed by atoms with E-state index in [0.29, 0.717) is 16.4 Å². The molecule has 0 radical (unpaired) electrons. The molecule has 0 saturated heterocycles. The first-order valence-electron chi connectivity index (χ1n) is 5.20. The molecule has 0 bridgehead atoms. The Balaban J connectivity index is 2.27. The molecule has 0 amide bonds. The van der Waals surface area contributed by atoms with E-state index < -0.39 is 22.7 Å². The Morgan fingerprint density at radius 3 is 2.56 bits per heavy atom. The Labute approximate surface area is 103 Å². The van der Waals surface area contributed by atoms with E-state index in [1.54, 1.807) is 0 Å². The summed E-state index contributed by atoms with van der Waals surface area (Å²) in [6.45, 7) is 0. The van der Waals surface area contributed by atoms with Crippen LogP contribution in [0.3, 0.4) is 0 Å². The average Bonchev–Trinajstić information content (AvgIpc) is 3.01. The Morgan fingerprint density at radius 2 is 2.00 bits per heavy atom. The van der Waals surface area contributed by atoms with Crippen LogP contribution in [0.1, 0.15) is 30.1 Å². The summed E-state index contributed by atoms with van der Waals surface area (Å²) in [7, 11) is 0. The predicted octanol–water partition coefficient (Wildman–Crippen LogP) is 3.42. The number of aromatic nitrogens is 3. The molecule has 1 fully saturated rings. The fraction of sp³-hybridized carbons (Fsp3) is 0.400. The summed E-state index contributed by atoms with van der Waals surface area (Å²) in [6.07, 6.45) is -3.00. The number of halogens is 5. The van der Waals surface area contributed by atoms with Gasteiger partial charge in [-0.15, -0.1) is 5.10 Å². The van der Waals surface area contributed by atoms with E-state index in [0.717, 1.165) is 12.8 Å². The van der Waals surface area contributed by atoms with Crippen LogP contribution < -0.4 is 0 Å². The molecular formula is C10H6ClF4N3. The van der Waals surface area contributed by atoms with Gasteiger partial charge in [-0.3, -0.25) is 0 Å². The van der Waals surface area contributed by atoms with E-state index in [1.165, 1.54) is 0 Å². The third-order valence-corrected chi connectivity index (χ3v) is 3.13. The maximum Gasteiger partial charge on any atom is 0.419 e.